The average molecular weight is 264 g/mol. The largest absolute Gasteiger partial charge is 0.454 e. The molecule has 0 spiro atoms. The standard InChI is InChI=1S/C14H20N2O3/c1-3-4-7-15-14(17)10(2)16-11-5-6-12-13(8-11)19-9-18-12/h5-6,8,10,16H,3-4,7,9H2,1-2H3,(H,15,17). The number of unbranched alkanes of at least 4 members (excludes halogenated alkanes) is 1. The minimum Gasteiger partial charge on any atom is -0.454 e. The molecule has 0 fully saturated rings. The third-order valence-electron chi connectivity index (χ3n) is 2.98. The molecule has 5 heteroatoms. The number of amides is 1. The fourth-order valence-electron chi connectivity index (χ4n) is 1.84. The first-order valence-corrected chi connectivity index (χ1v) is 6.64. The number of benzene rings is 1. The highest BCUT2D eigenvalue weighted by Crippen LogP contribution is 2.34. The Hall–Kier alpha value is -1.91. The summed E-state index contributed by atoms with van der Waals surface area (Å²) in [7, 11) is 0. The third-order valence-corrected chi connectivity index (χ3v) is 2.98. The molecule has 0 saturated carbocycles. The first-order chi connectivity index (χ1) is 9.20. The van der Waals surface area contributed by atoms with Gasteiger partial charge in [0.15, 0.2) is 11.5 Å². The highest BCUT2D eigenvalue weighted by molar-refractivity contribution is 5.84. The van der Waals surface area contributed by atoms with Gasteiger partial charge in [0.2, 0.25) is 12.7 Å². The summed E-state index contributed by atoms with van der Waals surface area (Å²) in [5.74, 6) is 1.46. The lowest BCUT2D eigenvalue weighted by Gasteiger charge is -2.15. The summed E-state index contributed by atoms with van der Waals surface area (Å²) in [4.78, 5) is 11.8. The van der Waals surface area contributed by atoms with E-state index in [1.165, 1.54) is 0 Å². The lowest BCUT2D eigenvalue weighted by Crippen LogP contribution is -2.37. The number of hydrogen-bond acceptors (Lipinski definition) is 4. The fraction of sp³-hybridized carbons (Fsp3) is 0.500. The van der Waals surface area contributed by atoms with Crippen LogP contribution >= 0.6 is 0 Å². The molecule has 1 aromatic carbocycles. The Bertz CT molecular complexity index is 448. The monoisotopic (exact) mass is 264 g/mol. The molecule has 1 aliphatic heterocycles. The van der Waals surface area contributed by atoms with Gasteiger partial charge in [0.1, 0.15) is 6.04 Å². The highest BCUT2D eigenvalue weighted by atomic mass is 16.7. The van der Waals surface area contributed by atoms with E-state index >= 15 is 0 Å². The van der Waals surface area contributed by atoms with Crippen LogP contribution in [0.4, 0.5) is 5.69 Å². The minimum atomic E-state index is -0.280. The smallest absolute Gasteiger partial charge is 0.242 e. The van der Waals surface area contributed by atoms with Gasteiger partial charge in [-0.2, -0.15) is 0 Å². The van der Waals surface area contributed by atoms with Crippen LogP contribution in [0.2, 0.25) is 0 Å². The maximum absolute atomic E-state index is 11.8. The van der Waals surface area contributed by atoms with E-state index in [1.54, 1.807) is 0 Å². The van der Waals surface area contributed by atoms with E-state index in [9.17, 15) is 4.79 Å². The maximum Gasteiger partial charge on any atom is 0.242 e. The Balaban J connectivity index is 1.88. The van der Waals surface area contributed by atoms with E-state index in [2.05, 4.69) is 17.6 Å². The number of anilines is 1. The predicted molar refractivity (Wildman–Crippen MR) is 73.6 cm³/mol. The van der Waals surface area contributed by atoms with Crippen LogP contribution in [-0.2, 0) is 4.79 Å². The molecule has 1 amide bonds. The van der Waals surface area contributed by atoms with E-state index in [-0.39, 0.29) is 18.7 Å². The number of rotatable bonds is 6. The van der Waals surface area contributed by atoms with Crippen molar-refractivity contribution in [3.05, 3.63) is 18.2 Å². The van der Waals surface area contributed by atoms with Crippen molar-refractivity contribution in [1.29, 1.82) is 0 Å². The molecular formula is C14H20N2O3. The fourth-order valence-corrected chi connectivity index (χ4v) is 1.84. The molecule has 0 radical (unpaired) electrons. The Morgan fingerprint density at radius 1 is 1.37 bits per heavy atom. The summed E-state index contributed by atoms with van der Waals surface area (Å²) in [5, 5.41) is 6.05. The molecule has 1 unspecified atom stereocenters. The molecular weight excluding hydrogens is 244 g/mol. The molecule has 0 aliphatic carbocycles. The molecule has 0 saturated heterocycles. The summed E-state index contributed by atoms with van der Waals surface area (Å²) >= 11 is 0. The predicted octanol–water partition coefficient (Wildman–Crippen LogP) is 2.13. The molecule has 1 aliphatic rings. The second-order valence-corrected chi connectivity index (χ2v) is 4.58. The van der Waals surface area contributed by atoms with Crippen LogP contribution in [0.15, 0.2) is 18.2 Å². The molecule has 1 heterocycles. The molecule has 5 nitrogen and oxygen atoms in total. The molecule has 2 N–H and O–H groups in total. The number of fused-ring (bicyclic) bond motifs is 1. The van der Waals surface area contributed by atoms with Crippen molar-refractivity contribution in [3.8, 4) is 11.5 Å². The number of carbonyl (C=O) groups is 1. The third kappa shape index (κ3) is 3.53. The van der Waals surface area contributed by atoms with Gasteiger partial charge in [0.05, 0.1) is 0 Å². The highest BCUT2D eigenvalue weighted by Gasteiger charge is 2.16. The number of carbonyl (C=O) groups excluding carboxylic acids is 1. The molecule has 104 valence electrons. The SMILES string of the molecule is CCCCNC(=O)C(C)Nc1ccc2c(c1)OCO2. The maximum atomic E-state index is 11.8. The first kappa shape index (κ1) is 13.5. The van der Waals surface area contributed by atoms with Crippen molar-refractivity contribution < 1.29 is 14.3 Å². The van der Waals surface area contributed by atoms with E-state index < -0.39 is 0 Å². The molecule has 0 aromatic heterocycles. The number of nitrogens with one attached hydrogen (secondary N) is 2. The average Bonchev–Trinajstić information content (AvgIpc) is 2.86. The van der Waals surface area contributed by atoms with Crippen LogP contribution < -0.4 is 20.1 Å². The molecule has 19 heavy (non-hydrogen) atoms. The van der Waals surface area contributed by atoms with Crippen LogP contribution in [0, 0.1) is 0 Å². The van der Waals surface area contributed by atoms with Gasteiger partial charge in [-0.25, -0.2) is 0 Å². The van der Waals surface area contributed by atoms with Crippen LogP contribution in [-0.4, -0.2) is 25.3 Å². The van der Waals surface area contributed by atoms with Crippen LogP contribution in [0.5, 0.6) is 11.5 Å². The Kier molecular flexibility index (Phi) is 4.49. The van der Waals surface area contributed by atoms with Crippen molar-refractivity contribution in [2.45, 2.75) is 32.7 Å². The van der Waals surface area contributed by atoms with Crippen molar-refractivity contribution >= 4 is 11.6 Å². The Labute approximate surface area is 113 Å². The zero-order chi connectivity index (χ0) is 13.7. The van der Waals surface area contributed by atoms with Gasteiger partial charge in [0, 0.05) is 18.3 Å². The molecule has 1 atom stereocenters. The minimum absolute atomic E-state index is 0.00566. The van der Waals surface area contributed by atoms with Gasteiger partial charge >= 0.3 is 0 Å². The summed E-state index contributed by atoms with van der Waals surface area (Å²) in [5.41, 5.74) is 0.849. The van der Waals surface area contributed by atoms with Crippen molar-refractivity contribution in [1.82, 2.24) is 5.32 Å². The zero-order valence-corrected chi connectivity index (χ0v) is 11.4. The summed E-state index contributed by atoms with van der Waals surface area (Å²) < 4.78 is 10.5. The number of hydrogen-bond donors (Lipinski definition) is 2. The number of ether oxygens (including phenoxy) is 2. The second kappa shape index (κ2) is 6.31. The van der Waals surface area contributed by atoms with Gasteiger partial charge in [-0.05, 0) is 25.5 Å². The van der Waals surface area contributed by atoms with E-state index in [4.69, 9.17) is 9.47 Å². The molecule has 1 aromatic rings. The van der Waals surface area contributed by atoms with Crippen molar-refractivity contribution in [2.75, 3.05) is 18.7 Å². The van der Waals surface area contributed by atoms with Gasteiger partial charge in [-0.3, -0.25) is 4.79 Å². The van der Waals surface area contributed by atoms with Crippen molar-refractivity contribution in [2.24, 2.45) is 0 Å². The van der Waals surface area contributed by atoms with Gasteiger partial charge in [-0.1, -0.05) is 13.3 Å². The Morgan fingerprint density at radius 3 is 2.95 bits per heavy atom. The van der Waals surface area contributed by atoms with E-state index in [0.717, 1.165) is 30.8 Å². The zero-order valence-electron chi connectivity index (χ0n) is 11.4. The van der Waals surface area contributed by atoms with E-state index in [1.807, 2.05) is 25.1 Å². The lowest BCUT2D eigenvalue weighted by molar-refractivity contribution is -0.121. The quantitative estimate of drug-likeness (QED) is 0.773. The molecule has 0 bridgehead atoms. The van der Waals surface area contributed by atoms with Gasteiger partial charge in [0.25, 0.3) is 0 Å². The summed E-state index contributed by atoms with van der Waals surface area (Å²) in [6.45, 7) is 4.92. The van der Waals surface area contributed by atoms with Crippen molar-refractivity contribution in [3.63, 3.8) is 0 Å². The van der Waals surface area contributed by atoms with Crippen LogP contribution in [0.1, 0.15) is 26.7 Å². The van der Waals surface area contributed by atoms with E-state index in [0.29, 0.717) is 5.75 Å². The molecule has 2 rings (SSSR count). The summed E-state index contributed by atoms with van der Waals surface area (Å²) in [6.07, 6.45) is 2.08. The second-order valence-electron chi connectivity index (χ2n) is 4.58. The van der Waals surface area contributed by atoms with Gasteiger partial charge in [-0.15, -0.1) is 0 Å². The normalized spacial score (nSPS) is 14.0. The Morgan fingerprint density at radius 2 is 2.16 bits per heavy atom. The first-order valence-electron chi connectivity index (χ1n) is 6.64. The topological polar surface area (TPSA) is 59.6 Å². The van der Waals surface area contributed by atoms with Crippen LogP contribution in [0.3, 0.4) is 0 Å². The van der Waals surface area contributed by atoms with Crippen LogP contribution in [0.25, 0.3) is 0 Å². The lowest BCUT2D eigenvalue weighted by atomic mass is 10.2. The van der Waals surface area contributed by atoms with Gasteiger partial charge < -0.3 is 20.1 Å². The summed E-state index contributed by atoms with van der Waals surface area (Å²) in [6, 6.07) is 5.28.